The Morgan fingerprint density at radius 3 is 0.797 bits per heavy atom. The molecule has 0 bridgehead atoms. The first-order chi connectivity index (χ1) is 71.9. The van der Waals surface area contributed by atoms with Crippen LogP contribution < -0.4 is 0 Å². The zero-order valence-electron chi connectivity index (χ0n) is 84.6. The lowest BCUT2D eigenvalue weighted by Crippen LogP contribution is -2.69. The molecular formula is C112H134O36. The number of benzene rings is 8. The van der Waals surface area contributed by atoms with Crippen molar-refractivity contribution in [1.29, 1.82) is 0 Å². The molecule has 13 rings (SSSR count). The van der Waals surface area contributed by atoms with Crippen LogP contribution in [0.25, 0.3) is 0 Å². The Hall–Kier alpha value is -11.7. The SMILES string of the molecule is COC(=O)CCCCCCCCO[C@H]1O[C@H](CO[C@H]2O[C@H](COCc3ccccc3)[C@@H](OCc3ccccc3)[C@H](OCc3ccccc3)[C@@H]2O[C@H]2O[C@H](COC(C)=O)[C@@H](OC(C)=O)[C@H](OC(C)=O)[C@@H]2OC(C)=O)[C@@H](OCc2ccccc2)[C@H](O[C@H]2O[C@H](COCc3ccccc3)[C@@H](OCc3ccccc3)[C@H](OCc3ccccc3)[C@@H]2O[C@H]2O[C@H](COC(C)=O)[C@@H](OC(C)=O)[C@H](OC(C)=O)[C@@H]2OC(C)=O)[C@@H]1OCc1ccccc1. The second-order valence-electron chi connectivity index (χ2n) is 36.3. The van der Waals surface area contributed by atoms with Gasteiger partial charge in [-0.05, 0) is 57.3 Å². The zero-order valence-corrected chi connectivity index (χ0v) is 84.6. The van der Waals surface area contributed by atoms with Gasteiger partial charge in [-0.15, -0.1) is 0 Å². The molecule has 0 saturated carbocycles. The summed E-state index contributed by atoms with van der Waals surface area (Å²) < 4.78 is 185. The third-order valence-corrected chi connectivity index (χ3v) is 24.8. The van der Waals surface area contributed by atoms with E-state index in [1.165, 1.54) is 7.11 Å². The van der Waals surface area contributed by atoms with E-state index in [9.17, 15) is 43.2 Å². The minimum absolute atomic E-state index is 0.00614. The highest BCUT2D eigenvalue weighted by Gasteiger charge is 2.62. The summed E-state index contributed by atoms with van der Waals surface area (Å²) in [6.07, 6.45) is -36.1. The lowest BCUT2D eigenvalue weighted by Gasteiger charge is -2.52. The Morgan fingerprint density at radius 1 is 0.216 bits per heavy atom. The summed E-state index contributed by atoms with van der Waals surface area (Å²) >= 11 is 0. The highest BCUT2D eigenvalue weighted by Crippen LogP contribution is 2.43. The normalized spacial score (nSPS) is 26.8. The molecule has 36 heteroatoms. The Bertz CT molecular complexity index is 5320. The average molecular weight is 2060 g/mol. The lowest BCUT2D eigenvalue weighted by atomic mass is 9.94. The van der Waals surface area contributed by atoms with E-state index in [4.69, 9.17) is 128 Å². The van der Waals surface area contributed by atoms with Crippen LogP contribution in [0.3, 0.4) is 0 Å². The van der Waals surface area contributed by atoms with Crippen molar-refractivity contribution in [2.24, 2.45) is 0 Å². The molecule has 36 nitrogen and oxygen atoms in total. The quantitative estimate of drug-likeness (QED) is 0.0194. The van der Waals surface area contributed by atoms with E-state index in [0.29, 0.717) is 47.1 Å². The van der Waals surface area contributed by atoms with Crippen molar-refractivity contribution in [3.8, 4) is 0 Å². The van der Waals surface area contributed by atoms with Gasteiger partial charge in [0.05, 0.1) is 79.8 Å². The number of rotatable bonds is 55. The minimum Gasteiger partial charge on any atom is -0.469 e. The van der Waals surface area contributed by atoms with Gasteiger partial charge in [0.25, 0.3) is 0 Å². The van der Waals surface area contributed by atoms with Crippen molar-refractivity contribution in [2.45, 2.75) is 307 Å². The first-order valence-corrected chi connectivity index (χ1v) is 49.9. The van der Waals surface area contributed by atoms with E-state index in [-0.39, 0.29) is 85.1 Å². The van der Waals surface area contributed by atoms with E-state index >= 15 is 0 Å². The van der Waals surface area contributed by atoms with E-state index in [2.05, 4.69) is 0 Å². The van der Waals surface area contributed by atoms with Gasteiger partial charge in [0.1, 0.15) is 98.7 Å². The van der Waals surface area contributed by atoms with Gasteiger partial charge < -0.3 is 128 Å². The largest absolute Gasteiger partial charge is 0.469 e. The molecule has 0 N–H and O–H groups in total. The molecule has 0 radical (unpaired) electrons. The van der Waals surface area contributed by atoms with E-state index in [1.54, 1.807) is 0 Å². The summed E-state index contributed by atoms with van der Waals surface area (Å²) in [4.78, 5) is 121. The van der Waals surface area contributed by atoms with E-state index in [0.717, 1.165) is 91.3 Å². The highest BCUT2D eigenvalue weighted by atomic mass is 16.8. The maximum Gasteiger partial charge on any atom is 0.305 e. The van der Waals surface area contributed by atoms with Gasteiger partial charge in [-0.3, -0.25) is 43.2 Å². The summed E-state index contributed by atoms with van der Waals surface area (Å²) in [5, 5.41) is 0. The number of unbranched alkanes of at least 4 members (excludes halogenated alkanes) is 5. The summed E-state index contributed by atoms with van der Waals surface area (Å²) in [6.45, 7) is 5.67. The highest BCUT2D eigenvalue weighted by molar-refractivity contribution is 5.71. The van der Waals surface area contributed by atoms with Crippen molar-refractivity contribution < 1.29 is 171 Å². The van der Waals surface area contributed by atoms with Crippen LogP contribution in [0.15, 0.2) is 243 Å². The number of hydrogen-bond donors (Lipinski definition) is 0. The molecule has 8 aromatic rings. The van der Waals surface area contributed by atoms with Crippen molar-refractivity contribution in [2.75, 3.05) is 46.8 Å². The Morgan fingerprint density at radius 2 is 0.466 bits per heavy atom. The van der Waals surface area contributed by atoms with Crippen LogP contribution in [0.5, 0.6) is 0 Å². The summed E-state index contributed by atoms with van der Waals surface area (Å²) in [7, 11) is 1.36. The smallest absolute Gasteiger partial charge is 0.305 e. The molecule has 5 aliphatic heterocycles. The fourth-order valence-electron chi connectivity index (χ4n) is 18.0. The van der Waals surface area contributed by atoms with Gasteiger partial charge in [0, 0.05) is 68.4 Å². The molecule has 5 saturated heterocycles. The van der Waals surface area contributed by atoms with Crippen LogP contribution in [0.4, 0.5) is 0 Å². The first kappa shape index (κ1) is 113. The van der Waals surface area contributed by atoms with E-state index < -0.39 is 221 Å². The molecule has 0 aromatic heterocycles. The average Bonchev–Trinajstić information content (AvgIpc) is 0.760. The Kier molecular flexibility index (Phi) is 45.7. The third kappa shape index (κ3) is 35.5. The van der Waals surface area contributed by atoms with Crippen LogP contribution in [0.1, 0.15) is 145 Å². The number of ether oxygens (including phenoxy) is 27. The fourth-order valence-corrected chi connectivity index (χ4v) is 18.0. The Labute approximate surface area is 861 Å². The molecule has 0 amide bonds. The molecule has 5 aliphatic rings. The monoisotopic (exact) mass is 2050 g/mol. The predicted molar refractivity (Wildman–Crippen MR) is 523 cm³/mol. The lowest BCUT2D eigenvalue weighted by molar-refractivity contribution is -0.402. The summed E-state index contributed by atoms with van der Waals surface area (Å²) in [6, 6.07) is 74.4. The molecule has 148 heavy (non-hydrogen) atoms. The predicted octanol–water partition coefficient (Wildman–Crippen LogP) is 13.4. The molecule has 798 valence electrons. The molecule has 5 heterocycles. The standard InChI is InChI=1S/C112H134O36/c1-71(113)126-68-90-96(135-73(3)115)101(137-75(5)117)106(139-77(7)119)111(144-90)147-104-98(131-63-84-50-32-19-33-51-84)93(128-60-81-44-26-16-27-45-81)87(66-123-58-79-40-22-14-23-41-79)141-109(104)134-70-89-95(130-62-83-48-30-18-31-49-83)100(103(133-65-86-54-36-21-37-55-86)108(142-89)125-57-39-13-11-10-12-38-56-92(121)122-9)146-110-105(148-112-107(140-78(8)120)102(138-76(6)118)97(136-74(4)116)91(145-112)69-127-72(2)114)99(132-64-85-52-34-20-35-53-85)94(129-61-82-46-28-17-29-47-82)88(143-110)67-124-59-80-42-24-15-25-43-80/h14-37,40-55,87-91,93-112H,10-13,38-39,56-70H2,1-9H3/t87-,88-,89-,90-,91-,93-,94-,95-,96-,97-,98+,99+,100+,101+,102+,103+,104+,105+,106+,107+,108+,109+,110-,111-,112-/m1/s1. The topological polar surface area (TPSA) is 403 Å². The number of carbonyl (C=O) groups excluding carboxylic acids is 9. The molecule has 5 fully saturated rings. The van der Waals surface area contributed by atoms with Crippen molar-refractivity contribution in [3.63, 3.8) is 0 Å². The Balaban J connectivity index is 1.02. The number of methoxy groups -OCH3 is 1. The van der Waals surface area contributed by atoms with Gasteiger partial charge in [-0.25, -0.2) is 0 Å². The van der Waals surface area contributed by atoms with Crippen LogP contribution >= 0.6 is 0 Å². The maximum absolute atomic E-state index is 14.0. The van der Waals surface area contributed by atoms with Gasteiger partial charge in [0.15, 0.2) is 68.1 Å². The van der Waals surface area contributed by atoms with Crippen molar-refractivity contribution in [1.82, 2.24) is 0 Å². The second-order valence-corrected chi connectivity index (χ2v) is 36.3. The minimum atomic E-state index is -1.98. The van der Waals surface area contributed by atoms with Crippen LogP contribution in [0.2, 0.25) is 0 Å². The van der Waals surface area contributed by atoms with Crippen molar-refractivity contribution >= 4 is 53.7 Å². The number of carbonyl (C=O) groups is 9. The van der Waals surface area contributed by atoms with Gasteiger partial charge >= 0.3 is 53.7 Å². The third-order valence-electron chi connectivity index (χ3n) is 24.8. The molecular weight excluding hydrogens is 1920 g/mol. The summed E-state index contributed by atoms with van der Waals surface area (Å²) in [5.74, 6) is -7.42. The van der Waals surface area contributed by atoms with Crippen molar-refractivity contribution in [3.05, 3.63) is 287 Å². The van der Waals surface area contributed by atoms with Gasteiger partial charge in [-0.2, -0.15) is 0 Å². The van der Waals surface area contributed by atoms with Gasteiger partial charge in [-0.1, -0.05) is 268 Å². The first-order valence-electron chi connectivity index (χ1n) is 49.9. The van der Waals surface area contributed by atoms with Crippen LogP contribution in [-0.4, -0.2) is 254 Å². The molecule has 25 atom stereocenters. The molecule has 0 spiro atoms. The molecule has 0 aliphatic carbocycles. The molecule has 0 unspecified atom stereocenters. The maximum atomic E-state index is 14.0. The molecule has 8 aromatic carbocycles. The zero-order chi connectivity index (χ0) is 104. The summed E-state index contributed by atoms with van der Waals surface area (Å²) in [5.41, 5.74) is 5.68. The number of hydrogen-bond acceptors (Lipinski definition) is 36. The van der Waals surface area contributed by atoms with E-state index in [1.807, 2.05) is 243 Å². The second kappa shape index (κ2) is 59.6. The number of esters is 9. The van der Waals surface area contributed by atoms with Crippen LogP contribution in [-0.2, 0) is 224 Å². The van der Waals surface area contributed by atoms with Crippen LogP contribution in [0, 0.1) is 0 Å². The van der Waals surface area contributed by atoms with Gasteiger partial charge in [0.2, 0.25) is 0 Å². The fraction of sp³-hybridized carbons (Fsp3) is 0.491.